The van der Waals surface area contributed by atoms with E-state index >= 15 is 0 Å². The van der Waals surface area contributed by atoms with E-state index < -0.39 is 6.10 Å². The number of nitrogens with one attached hydrogen (secondary N) is 1. The first-order valence-electron chi connectivity index (χ1n) is 10.7. The molecule has 2 aromatic carbocycles. The van der Waals surface area contributed by atoms with Crippen molar-refractivity contribution in [2.75, 3.05) is 13.1 Å². The third kappa shape index (κ3) is 6.27. The van der Waals surface area contributed by atoms with E-state index in [1.54, 1.807) is 0 Å². The molecule has 0 saturated carbocycles. The Hall–Kier alpha value is -1.94. The first-order valence-corrected chi connectivity index (χ1v) is 11.1. The molecule has 0 fully saturated rings. The lowest BCUT2D eigenvalue weighted by atomic mass is 10.00. The Morgan fingerprint density at radius 3 is 2.52 bits per heavy atom. The van der Waals surface area contributed by atoms with Crippen molar-refractivity contribution in [2.45, 2.75) is 51.6 Å². The Morgan fingerprint density at radius 2 is 1.72 bits per heavy atom. The highest BCUT2D eigenvalue weighted by Gasteiger charge is 2.15. The molecule has 3 rings (SSSR count). The summed E-state index contributed by atoms with van der Waals surface area (Å²) < 4.78 is 0. The zero-order valence-corrected chi connectivity index (χ0v) is 18.0. The van der Waals surface area contributed by atoms with E-state index in [0.29, 0.717) is 11.6 Å². The van der Waals surface area contributed by atoms with Crippen molar-refractivity contribution in [3.05, 3.63) is 65.2 Å². The van der Waals surface area contributed by atoms with E-state index in [2.05, 4.69) is 12.2 Å². The van der Waals surface area contributed by atoms with E-state index in [-0.39, 0.29) is 0 Å². The molecule has 0 aliphatic carbocycles. The summed E-state index contributed by atoms with van der Waals surface area (Å²) in [6.45, 7) is 3.71. The third-order valence-corrected chi connectivity index (χ3v) is 5.51. The topological polar surface area (TPSA) is 45.1 Å². The molecular formula is C25H31ClN2O. The highest BCUT2D eigenvalue weighted by Crippen LogP contribution is 2.30. The van der Waals surface area contributed by atoms with Crippen molar-refractivity contribution in [3.8, 4) is 11.3 Å². The Labute approximate surface area is 179 Å². The number of hydrogen-bond donors (Lipinski definition) is 2. The number of aliphatic hydroxyl groups is 1. The fraction of sp³-hybridized carbons (Fsp3) is 0.400. The van der Waals surface area contributed by atoms with Gasteiger partial charge in [0.15, 0.2) is 0 Å². The van der Waals surface area contributed by atoms with Gasteiger partial charge < -0.3 is 10.4 Å². The van der Waals surface area contributed by atoms with Crippen LogP contribution in [0.5, 0.6) is 0 Å². The Morgan fingerprint density at radius 1 is 0.966 bits per heavy atom. The number of aliphatic hydroxyl groups excluding tert-OH is 1. The molecule has 0 amide bonds. The lowest BCUT2D eigenvalue weighted by molar-refractivity contribution is 0.176. The van der Waals surface area contributed by atoms with E-state index in [9.17, 15) is 5.11 Å². The van der Waals surface area contributed by atoms with Crippen LogP contribution in [0.2, 0.25) is 5.02 Å². The summed E-state index contributed by atoms with van der Waals surface area (Å²) in [6, 6.07) is 17.7. The van der Waals surface area contributed by atoms with Crippen LogP contribution in [0.4, 0.5) is 0 Å². The van der Waals surface area contributed by atoms with Crippen molar-refractivity contribution < 1.29 is 5.11 Å². The van der Waals surface area contributed by atoms with Crippen LogP contribution in [0.3, 0.4) is 0 Å². The lowest BCUT2D eigenvalue weighted by Gasteiger charge is -2.16. The summed E-state index contributed by atoms with van der Waals surface area (Å²) in [5.41, 5.74) is 3.58. The predicted octanol–water partition coefficient (Wildman–Crippen LogP) is 6.54. The van der Waals surface area contributed by atoms with Gasteiger partial charge in [-0.2, -0.15) is 0 Å². The van der Waals surface area contributed by atoms with Crippen LogP contribution >= 0.6 is 11.6 Å². The third-order valence-electron chi connectivity index (χ3n) is 5.28. The number of unbranched alkanes of at least 4 members (excludes halogenated alkanes) is 5. The number of hydrogen-bond acceptors (Lipinski definition) is 3. The van der Waals surface area contributed by atoms with Crippen LogP contribution in [0.15, 0.2) is 54.6 Å². The first-order chi connectivity index (χ1) is 14.2. The van der Waals surface area contributed by atoms with E-state index in [1.807, 2.05) is 54.6 Å². The number of halogens is 1. The number of aromatic nitrogens is 1. The number of pyridine rings is 1. The van der Waals surface area contributed by atoms with Gasteiger partial charge in [-0.25, -0.2) is 4.98 Å². The number of fused-ring (bicyclic) bond motifs is 1. The molecule has 4 heteroatoms. The van der Waals surface area contributed by atoms with Gasteiger partial charge in [-0.3, -0.25) is 0 Å². The molecular weight excluding hydrogens is 380 g/mol. The van der Waals surface area contributed by atoms with Gasteiger partial charge in [0.05, 0.1) is 17.3 Å². The molecule has 29 heavy (non-hydrogen) atoms. The number of nitrogens with zero attached hydrogens (tertiary/aromatic N) is 1. The summed E-state index contributed by atoms with van der Waals surface area (Å²) in [5, 5.41) is 15.9. The fourth-order valence-corrected chi connectivity index (χ4v) is 3.81. The van der Waals surface area contributed by atoms with Crippen molar-refractivity contribution in [2.24, 2.45) is 0 Å². The van der Waals surface area contributed by atoms with Crippen molar-refractivity contribution in [1.29, 1.82) is 0 Å². The second kappa shape index (κ2) is 11.3. The van der Waals surface area contributed by atoms with Gasteiger partial charge in [0.1, 0.15) is 0 Å². The highest BCUT2D eigenvalue weighted by atomic mass is 35.5. The molecule has 3 nitrogen and oxygen atoms in total. The van der Waals surface area contributed by atoms with Gasteiger partial charge in [0, 0.05) is 22.5 Å². The Bertz CT molecular complexity index is 898. The molecule has 0 spiro atoms. The maximum Gasteiger partial charge on any atom is 0.0921 e. The second-order valence-corrected chi connectivity index (χ2v) is 8.05. The summed E-state index contributed by atoms with van der Waals surface area (Å²) in [7, 11) is 0. The summed E-state index contributed by atoms with van der Waals surface area (Å²) in [6.07, 6.45) is 7.04. The first kappa shape index (κ1) is 21.8. The average Bonchev–Trinajstić information content (AvgIpc) is 2.75. The van der Waals surface area contributed by atoms with Crippen LogP contribution in [-0.4, -0.2) is 23.2 Å². The standard InChI is InChI=1S/C25H31ClN2O/c1-2-3-4-5-6-10-15-27-18-25(29)22-17-23(19-11-8-7-9-12-19)28-24-16-20(26)13-14-21(22)24/h7-9,11-14,16-17,25,27,29H,2-6,10,15,18H2,1H3. The monoisotopic (exact) mass is 410 g/mol. The fourth-order valence-electron chi connectivity index (χ4n) is 3.64. The predicted molar refractivity (Wildman–Crippen MR) is 123 cm³/mol. The molecule has 2 N–H and O–H groups in total. The smallest absolute Gasteiger partial charge is 0.0921 e. The van der Waals surface area contributed by atoms with Crippen molar-refractivity contribution in [3.63, 3.8) is 0 Å². The molecule has 0 bridgehead atoms. The summed E-state index contributed by atoms with van der Waals surface area (Å²) >= 11 is 6.20. The van der Waals surface area contributed by atoms with E-state index in [0.717, 1.165) is 40.7 Å². The Kier molecular flexibility index (Phi) is 8.48. The minimum atomic E-state index is -0.593. The van der Waals surface area contributed by atoms with Crippen LogP contribution in [-0.2, 0) is 0 Å². The van der Waals surface area contributed by atoms with E-state index in [4.69, 9.17) is 16.6 Å². The highest BCUT2D eigenvalue weighted by molar-refractivity contribution is 6.31. The van der Waals surface area contributed by atoms with Crippen LogP contribution in [0.25, 0.3) is 22.2 Å². The summed E-state index contributed by atoms with van der Waals surface area (Å²) in [5.74, 6) is 0. The molecule has 0 saturated heterocycles. The zero-order chi connectivity index (χ0) is 20.5. The molecule has 154 valence electrons. The van der Waals surface area contributed by atoms with Crippen LogP contribution in [0.1, 0.15) is 57.1 Å². The molecule has 0 aliphatic heterocycles. The largest absolute Gasteiger partial charge is 0.387 e. The van der Waals surface area contributed by atoms with Gasteiger partial charge in [-0.05, 0) is 36.7 Å². The minimum absolute atomic E-state index is 0.533. The maximum atomic E-state index is 10.9. The molecule has 1 atom stereocenters. The van der Waals surface area contributed by atoms with Gasteiger partial charge in [-0.15, -0.1) is 0 Å². The number of rotatable bonds is 11. The zero-order valence-electron chi connectivity index (χ0n) is 17.2. The van der Waals surface area contributed by atoms with Crippen LogP contribution < -0.4 is 5.32 Å². The number of benzene rings is 2. The quantitative estimate of drug-likeness (QED) is 0.353. The van der Waals surface area contributed by atoms with Crippen molar-refractivity contribution in [1.82, 2.24) is 10.3 Å². The lowest BCUT2D eigenvalue weighted by Crippen LogP contribution is -2.22. The van der Waals surface area contributed by atoms with Gasteiger partial charge >= 0.3 is 0 Å². The molecule has 0 radical (unpaired) electrons. The molecule has 0 aliphatic rings. The maximum absolute atomic E-state index is 10.9. The minimum Gasteiger partial charge on any atom is -0.387 e. The average molecular weight is 411 g/mol. The second-order valence-electron chi connectivity index (χ2n) is 7.61. The van der Waals surface area contributed by atoms with Gasteiger partial charge in [0.25, 0.3) is 0 Å². The molecule has 1 heterocycles. The molecule has 3 aromatic rings. The normalized spacial score (nSPS) is 12.4. The molecule has 1 unspecified atom stereocenters. The Balaban J connectivity index is 1.70. The molecule has 1 aromatic heterocycles. The van der Waals surface area contributed by atoms with E-state index in [1.165, 1.54) is 32.1 Å². The van der Waals surface area contributed by atoms with Gasteiger partial charge in [0.2, 0.25) is 0 Å². The SMILES string of the molecule is CCCCCCCCNCC(O)c1cc(-c2ccccc2)nc2cc(Cl)ccc12. The van der Waals surface area contributed by atoms with Crippen LogP contribution in [0, 0.1) is 0 Å². The van der Waals surface area contributed by atoms with Crippen molar-refractivity contribution >= 4 is 22.5 Å². The van der Waals surface area contributed by atoms with Gasteiger partial charge in [-0.1, -0.05) is 87.0 Å². The summed E-state index contributed by atoms with van der Waals surface area (Å²) in [4.78, 5) is 4.78.